The zero-order valence-electron chi connectivity index (χ0n) is 8.22. The molecule has 0 radical (unpaired) electrons. The van der Waals surface area contributed by atoms with Gasteiger partial charge in [-0.15, -0.1) is 11.7 Å². The number of hydrogen-bond acceptors (Lipinski definition) is 7. The highest BCUT2D eigenvalue weighted by atomic mass is 35.5. The summed E-state index contributed by atoms with van der Waals surface area (Å²) in [4.78, 5) is 22.5. The predicted molar refractivity (Wildman–Crippen MR) is 78.9 cm³/mol. The molecule has 0 aromatic rings. The van der Waals surface area contributed by atoms with E-state index in [0.717, 1.165) is 0 Å². The number of rotatable bonds is 8. The molecular formula is C7H13ClN2O2S4. The molecule has 0 unspecified atom stereocenters. The van der Waals surface area contributed by atoms with Gasteiger partial charge >= 0.3 is 0 Å². The maximum atomic E-state index is 11.7. The van der Waals surface area contributed by atoms with Gasteiger partial charge in [-0.05, 0) is 11.6 Å². The van der Waals surface area contributed by atoms with Crippen molar-refractivity contribution in [3.8, 4) is 0 Å². The van der Waals surface area contributed by atoms with Crippen LogP contribution in [0.1, 0.15) is 0 Å². The molecule has 0 aliphatic carbocycles. The van der Waals surface area contributed by atoms with Crippen molar-refractivity contribution in [3.05, 3.63) is 0 Å². The lowest BCUT2D eigenvalue weighted by Crippen LogP contribution is -2.50. The van der Waals surface area contributed by atoms with Crippen molar-refractivity contribution in [3.63, 3.8) is 0 Å². The summed E-state index contributed by atoms with van der Waals surface area (Å²) in [5.41, 5.74) is 0. The second-order valence-corrected chi connectivity index (χ2v) is 5.18. The Balaban J connectivity index is 4.23. The minimum absolute atomic E-state index is 0.161. The van der Waals surface area contributed by atoms with E-state index in [1.54, 1.807) is 0 Å². The highest BCUT2D eigenvalue weighted by Crippen LogP contribution is 2.03. The second-order valence-electron chi connectivity index (χ2n) is 2.76. The van der Waals surface area contributed by atoms with Crippen LogP contribution in [0.25, 0.3) is 0 Å². The fourth-order valence-corrected chi connectivity index (χ4v) is 2.12. The Hall–Kier alpha value is 0.790. The lowest BCUT2D eigenvalue weighted by Gasteiger charge is -2.18. The molecule has 16 heavy (non-hydrogen) atoms. The van der Waals surface area contributed by atoms with E-state index in [9.17, 15) is 9.59 Å². The topological polar surface area (TPSA) is 58.2 Å². The van der Waals surface area contributed by atoms with E-state index in [1.807, 2.05) is 0 Å². The zero-order chi connectivity index (χ0) is 12.6. The number of carbonyl (C=O) groups excluding carboxylic acids is 2. The van der Waals surface area contributed by atoms with Crippen LogP contribution < -0.4 is 10.6 Å². The van der Waals surface area contributed by atoms with E-state index in [1.165, 1.54) is 10.8 Å². The molecule has 0 bridgehead atoms. The molecule has 0 aromatic carbocycles. The van der Waals surface area contributed by atoms with Crippen LogP contribution in [0.5, 0.6) is 0 Å². The maximum Gasteiger partial charge on any atom is 0.244 e. The van der Waals surface area contributed by atoms with Gasteiger partial charge in [0, 0.05) is 11.5 Å². The van der Waals surface area contributed by atoms with Gasteiger partial charge in [0.25, 0.3) is 0 Å². The smallest absolute Gasteiger partial charge is 0.244 e. The Morgan fingerprint density at radius 1 is 1.25 bits per heavy atom. The quantitative estimate of drug-likeness (QED) is 0.197. The van der Waals surface area contributed by atoms with Gasteiger partial charge in [-0.1, -0.05) is 10.8 Å². The molecule has 2 atom stereocenters. The first-order chi connectivity index (χ1) is 7.56. The summed E-state index contributed by atoms with van der Waals surface area (Å²) in [6.07, 6.45) is 0. The molecule has 0 aliphatic rings. The summed E-state index contributed by atoms with van der Waals surface area (Å²) >= 11 is 17.2. The Bertz CT molecular complexity index is 244. The standard InChI is InChI=1S/C7H13ClN2O2S4/c8-6(11)4(1-13)10-7(12)5(2-14)9-3-16-15/h4-5,9,13-15H,1-3H2,(H,10,12)/t4-,5-/m0/s1. The first-order valence-corrected chi connectivity index (χ1v) is 7.96. The third-order valence-electron chi connectivity index (χ3n) is 1.67. The molecule has 4 nitrogen and oxygen atoms in total. The molecule has 2 N–H and O–H groups in total. The number of amides is 1. The highest BCUT2D eigenvalue weighted by molar-refractivity contribution is 8.68. The van der Waals surface area contributed by atoms with Crippen LogP contribution in [-0.4, -0.2) is 40.6 Å². The fourth-order valence-electron chi connectivity index (χ4n) is 0.824. The van der Waals surface area contributed by atoms with Crippen LogP contribution in [-0.2, 0) is 9.59 Å². The first kappa shape index (κ1) is 16.8. The number of thiol groups is 3. The van der Waals surface area contributed by atoms with Gasteiger partial charge in [0.2, 0.25) is 11.1 Å². The molecule has 0 saturated heterocycles. The van der Waals surface area contributed by atoms with Crippen molar-refractivity contribution in [2.24, 2.45) is 0 Å². The molecule has 0 heterocycles. The van der Waals surface area contributed by atoms with Crippen LogP contribution in [0.4, 0.5) is 0 Å². The van der Waals surface area contributed by atoms with Crippen molar-refractivity contribution >= 4 is 70.5 Å². The molecule has 0 fully saturated rings. The lowest BCUT2D eigenvalue weighted by atomic mass is 10.3. The molecular weight excluding hydrogens is 308 g/mol. The molecule has 0 spiro atoms. The normalized spacial score (nSPS) is 14.2. The van der Waals surface area contributed by atoms with Gasteiger partial charge in [-0.25, -0.2) is 0 Å². The summed E-state index contributed by atoms with van der Waals surface area (Å²) in [6.45, 7) is 0. The van der Waals surface area contributed by atoms with Crippen LogP contribution in [0, 0.1) is 0 Å². The van der Waals surface area contributed by atoms with E-state index in [4.69, 9.17) is 11.6 Å². The average Bonchev–Trinajstić information content (AvgIpc) is 2.26. The summed E-state index contributed by atoms with van der Waals surface area (Å²) in [5.74, 6) is 0.651. The summed E-state index contributed by atoms with van der Waals surface area (Å²) in [5, 5.41) is 4.76. The van der Waals surface area contributed by atoms with E-state index in [2.05, 4.69) is 47.6 Å². The van der Waals surface area contributed by atoms with Gasteiger partial charge in [-0.2, -0.15) is 25.3 Å². The summed E-state index contributed by atoms with van der Waals surface area (Å²) < 4.78 is 0. The number of nitrogens with one attached hydrogen (secondary N) is 2. The zero-order valence-corrected chi connectivity index (χ0v) is 12.5. The van der Waals surface area contributed by atoms with E-state index in [0.29, 0.717) is 11.6 Å². The molecule has 0 aromatic heterocycles. The maximum absolute atomic E-state index is 11.7. The van der Waals surface area contributed by atoms with Gasteiger partial charge in [0.05, 0.1) is 11.9 Å². The average molecular weight is 321 g/mol. The highest BCUT2D eigenvalue weighted by Gasteiger charge is 2.22. The number of carbonyl (C=O) groups is 2. The first-order valence-electron chi connectivity index (χ1n) is 4.28. The molecule has 0 aliphatic heterocycles. The minimum Gasteiger partial charge on any atom is -0.343 e. The third kappa shape index (κ3) is 6.51. The van der Waals surface area contributed by atoms with Crippen molar-refractivity contribution in [1.82, 2.24) is 10.6 Å². The van der Waals surface area contributed by atoms with Crippen molar-refractivity contribution < 1.29 is 9.59 Å². The Kier molecular flexibility index (Phi) is 10.3. The van der Waals surface area contributed by atoms with Crippen molar-refractivity contribution in [1.29, 1.82) is 0 Å². The molecule has 9 heteroatoms. The Morgan fingerprint density at radius 2 is 1.81 bits per heavy atom. The Labute approximate surface area is 120 Å². The summed E-state index contributed by atoms with van der Waals surface area (Å²) in [7, 11) is 1.25. The number of halogens is 1. The van der Waals surface area contributed by atoms with E-state index < -0.39 is 17.3 Å². The van der Waals surface area contributed by atoms with Crippen LogP contribution in [0.3, 0.4) is 0 Å². The van der Waals surface area contributed by atoms with Gasteiger partial charge < -0.3 is 5.32 Å². The van der Waals surface area contributed by atoms with E-state index >= 15 is 0 Å². The Morgan fingerprint density at radius 3 is 2.19 bits per heavy atom. The van der Waals surface area contributed by atoms with Gasteiger partial charge in [0.1, 0.15) is 6.04 Å². The minimum atomic E-state index is -0.773. The van der Waals surface area contributed by atoms with Crippen LogP contribution in [0.2, 0.25) is 0 Å². The van der Waals surface area contributed by atoms with Crippen LogP contribution in [0.15, 0.2) is 0 Å². The molecule has 94 valence electrons. The third-order valence-corrected chi connectivity index (χ3v) is 3.34. The van der Waals surface area contributed by atoms with Gasteiger partial charge in [-0.3, -0.25) is 14.9 Å². The monoisotopic (exact) mass is 320 g/mol. The molecule has 1 amide bonds. The molecule has 0 saturated carbocycles. The predicted octanol–water partition coefficient (Wildman–Crippen LogP) is 0.590. The fraction of sp³-hybridized carbons (Fsp3) is 0.714. The van der Waals surface area contributed by atoms with Crippen LogP contribution >= 0.6 is 59.3 Å². The SMILES string of the molecule is O=C(Cl)[C@H](CS)NC(=O)[C@H](CS)NCSS. The van der Waals surface area contributed by atoms with Gasteiger partial charge in [0.15, 0.2) is 0 Å². The molecule has 0 rings (SSSR count). The lowest BCUT2D eigenvalue weighted by molar-refractivity contribution is -0.125. The second kappa shape index (κ2) is 9.78. The van der Waals surface area contributed by atoms with Crippen molar-refractivity contribution in [2.45, 2.75) is 12.1 Å². The summed E-state index contributed by atoms with van der Waals surface area (Å²) in [6, 6.07) is -1.26. The largest absolute Gasteiger partial charge is 0.343 e. The number of hydrogen-bond donors (Lipinski definition) is 5. The van der Waals surface area contributed by atoms with Crippen molar-refractivity contribution in [2.75, 3.05) is 17.4 Å². The van der Waals surface area contributed by atoms with E-state index in [-0.39, 0.29) is 11.7 Å².